The van der Waals surface area contributed by atoms with Crippen LogP contribution in [0, 0.1) is 0 Å². The second-order valence-corrected chi connectivity index (χ2v) is 9.79. The summed E-state index contributed by atoms with van der Waals surface area (Å²) in [5.41, 5.74) is 3.23. The summed E-state index contributed by atoms with van der Waals surface area (Å²) < 4.78 is 7.02. The summed E-state index contributed by atoms with van der Waals surface area (Å²) in [6, 6.07) is 34.8. The highest BCUT2D eigenvalue weighted by Crippen LogP contribution is 2.27. The van der Waals surface area contributed by atoms with Gasteiger partial charge in [0.15, 0.2) is 0 Å². The molecule has 0 radical (unpaired) electrons. The zero-order valence-electron chi connectivity index (χ0n) is 22.1. The number of nitrogens with zero attached hydrogens (tertiary/aromatic N) is 2. The molecular formula is C33H31N3O3. The maximum absolute atomic E-state index is 13.8. The third kappa shape index (κ3) is 5.66. The Morgan fingerprint density at radius 1 is 0.846 bits per heavy atom. The van der Waals surface area contributed by atoms with Crippen LogP contribution in [0.2, 0.25) is 0 Å². The van der Waals surface area contributed by atoms with Crippen LogP contribution in [0.5, 0.6) is 0 Å². The number of hydrogen-bond acceptors (Lipinski definition) is 4. The molecule has 0 spiro atoms. The van der Waals surface area contributed by atoms with E-state index in [1.165, 1.54) is 0 Å². The number of amides is 1. The summed E-state index contributed by atoms with van der Waals surface area (Å²) >= 11 is 0. The number of para-hydroxylation sites is 2. The highest BCUT2D eigenvalue weighted by Gasteiger charge is 2.34. The van der Waals surface area contributed by atoms with E-state index in [0.29, 0.717) is 35.4 Å². The van der Waals surface area contributed by atoms with Crippen LogP contribution in [0.3, 0.4) is 0 Å². The molecule has 1 amide bonds. The monoisotopic (exact) mass is 517 g/mol. The van der Waals surface area contributed by atoms with Crippen molar-refractivity contribution in [3.8, 4) is 16.8 Å². The van der Waals surface area contributed by atoms with Crippen molar-refractivity contribution in [1.82, 2.24) is 14.9 Å². The Morgan fingerprint density at radius 3 is 2.15 bits per heavy atom. The Labute approximate surface area is 227 Å². The van der Waals surface area contributed by atoms with Gasteiger partial charge in [-0.3, -0.25) is 14.2 Å². The lowest BCUT2D eigenvalue weighted by molar-refractivity contribution is -0.122. The molecular weight excluding hydrogens is 486 g/mol. The standard InChI is InChI=1S/C33H31N3O3/c1-33(21-22-39-2,35-30(37)23-24-17-19-26(20-18-24)25-11-5-3-6-12-25)32-34-29-16-10-9-15-28(29)31(38)36(32)27-13-7-4-8-14-27/h3-20H,21-23H2,1-2H3,(H,35,37). The van der Waals surface area contributed by atoms with Gasteiger partial charge in [0, 0.05) is 20.1 Å². The SMILES string of the molecule is COCCC(C)(NC(=O)Cc1ccc(-c2ccccc2)cc1)c1nc2ccccc2c(=O)n1-c1ccccc1. The zero-order chi connectivity index (χ0) is 27.2. The van der Waals surface area contributed by atoms with Gasteiger partial charge in [-0.2, -0.15) is 0 Å². The predicted molar refractivity (Wildman–Crippen MR) is 155 cm³/mol. The van der Waals surface area contributed by atoms with E-state index >= 15 is 0 Å². The predicted octanol–water partition coefficient (Wildman–Crippen LogP) is 5.66. The fraction of sp³-hybridized carbons (Fsp3) is 0.182. The molecule has 5 rings (SSSR count). The fourth-order valence-corrected chi connectivity index (χ4v) is 4.84. The molecule has 39 heavy (non-hydrogen) atoms. The number of aromatic nitrogens is 2. The van der Waals surface area contributed by atoms with Crippen LogP contribution in [0.1, 0.15) is 24.7 Å². The summed E-state index contributed by atoms with van der Waals surface area (Å²) in [6.45, 7) is 2.28. The van der Waals surface area contributed by atoms with E-state index in [2.05, 4.69) is 17.4 Å². The highest BCUT2D eigenvalue weighted by molar-refractivity contribution is 5.81. The number of carbonyl (C=O) groups is 1. The summed E-state index contributed by atoms with van der Waals surface area (Å²) in [6.07, 6.45) is 0.626. The number of hydrogen-bond donors (Lipinski definition) is 1. The molecule has 0 aliphatic carbocycles. The first kappa shape index (κ1) is 26.1. The van der Waals surface area contributed by atoms with Gasteiger partial charge in [0.25, 0.3) is 5.56 Å². The Balaban J connectivity index is 1.50. The van der Waals surface area contributed by atoms with Gasteiger partial charge in [0.05, 0.1) is 28.6 Å². The number of methoxy groups -OCH3 is 1. The number of carbonyl (C=O) groups excluding carboxylic acids is 1. The van der Waals surface area contributed by atoms with E-state index in [4.69, 9.17) is 9.72 Å². The quantitative estimate of drug-likeness (QED) is 0.274. The van der Waals surface area contributed by atoms with Gasteiger partial charge >= 0.3 is 0 Å². The van der Waals surface area contributed by atoms with Gasteiger partial charge in [-0.25, -0.2) is 4.98 Å². The van der Waals surface area contributed by atoms with Gasteiger partial charge in [0.1, 0.15) is 5.82 Å². The minimum Gasteiger partial charge on any atom is -0.385 e. The first-order chi connectivity index (χ1) is 19.0. The molecule has 5 aromatic rings. The molecule has 1 atom stereocenters. The summed E-state index contributed by atoms with van der Waals surface area (Å²) in [4.78, 5) is 32.2. The summed E-state index contributed by atoms with van der Waals surface area (Å²) in [5, 5.41) is 3.72. The number of ether oxygens (including phenoxy) is 1. The lowest BCUT2D eigenvalue weighted by atomic mass is 9.94. The van der Waals surface area contributed by atoms with Crippen LogP contribution in [0.4, 0.5) is 0 Å². The molecule has 196 valence electrons. The third-order valence-electron chi connectivity index (χ3n) is 6.93. The molecule has 1 unspecified atom stereocenters. The molecule has 4 aromatic carbocycles. The second kappa shape index (κ2) is 11.5. The number of benzene rings is 4. The van der Waals surface area contributed by atoms with Gasteiger partial charge in [-0.1, -0.05) is 84.9 Å². The Bertz CT molecular complexity index is 1630. The molecule has 0 fully saturated rings. The molecule has 1 aromatic heterocycles. The smallest absolute Gasteiger partial charge is 0.266 e. The molecule has 0 saturated carbocycles. The van der Waals surface area contributed by atoms with Gasteiger partial charge in [0.2, 0.25) is 5.91 Å². The first-order valence-electron chi connectivity index (χ1n) is 13.0. The molecule has 6 heteroatoms. The molecule has 1 heterocycles. The van der Waals surface area contributed by atoms with Crippen molar-refractivity contribution in [2.75, 3.05) is 13.7 Å². The van der Waals surface area contributed by atoms with Crippen LogP contribution in [-0.2, 0) is 21.5 Å². The van der Waals surface area contributed by atoms with E-state index in [9.17, 15) is 9.59 Å². The zero-order valence-corrected chi connectivity index (χ0v) is 22.1. The molecule has 0 bridgehead atoms. The van der Waals surface area contributed by atoms with Crippen LogP contribution in [0.15, 0.2) is 114 Å². The van der Waals surface area contributed by atoms with Gasteiger partial charge in [-0.05, 0) is 47.9 Å². The summed E-state index contributed by atoms with van der Waals surface area (Å²) in [7, 11) is 1.62. The van der Waals surface area contributed by atoms with Crippen molar-refractivity contribution in [1.29, 1.82) is 0 Å². The minimum atomic E-state index is -0.976. The van der Waals surface area contributed by atoms with Crippen LogP contribution in [0.25, 0.3) is 27.7 Å². The maximum Gasteiger partial charge on any atom is 0.266 e. The van der Waals surface area contributed by atoms with Crippen molar-refractivity contribution in [2.45, 2.75) is 25.3 Å². The Hall–Kier alpha value is -4.55. The van der Waals surface area contributed by atoms with Crippen LogP contribution in [-0.4, -0.2) is 29.2 Å². The lowest BCUT2D eigenvalue weighted by Gasteiger charge is -2.32. The Kier molecular flexibility index (Phi) is 7.66. The van der Waals surface area contributed by atoms with Crippen LogP contribution < -0.4 is 10.9 Å². The normalized spacial score (nSPS) is 12.7. The molecule has 0 aliphatic heterocycles. The lowest BCUT2D eigenvalue weighted by Crippen LogP contribution is -2.48. The number of rotatable bonds is 9. The molecule has 0 aliphatic rings. The highest BCUT2D eigenvalue weighted by atomic mass is 16.5. The van der Waals surface area contributed by atoms with Crippen molar-refractivity contribution in [2.24, 2.45) is 0 Å². The van der Waals surface area contributed by atoms with E-state index in [0.717, 1.165) is 16.7 Å². The van der Waals surface area contributed by atoms with Gasteiger partial charge < -0.3 is 10.1 Å². The average Bonchev–Trinajstić information content (AvgIpc) is 2.97. The fourth-order valence-electron chi connectivity index (χ4n) is 4.84. The third-order valence-corrected chi connectivity index (χ3v) is 6.93. The largest absolute Gasteiger partial charge is 0.385 e. The molecule has 1 N–H and O–H groups in total. The van der Waals surface area contributed by atoms with Crippen molar-refractivity contribution in [3.63, 3.8) is 0 Å². The van der Waals surface area contributed by atoms with Crippen molar-refractivity contribution >= 4 is 16.8 Å². The number of nitrogens with one attached hydrogen (secondary N) is 1. The maximum atomic E-state index is 13.8. The van der Waals surface area contributed by atoms with Crippen molar-refractivity contribution in [3.05, 3.63) is 131 Å². The van der Waals surface area contributed by atoms with E-state index in [1.807, 2.05) is 97.9 Å². The average molecular weight is 518 g/mol. The molecule has 0 saturated heterocycles. The van der Waals surface area contributed by atoms with Gasteiger partial charge in [-0.15, -0.1) is 0 Å². The first-order valence-corrected chi connectivity index (χ1v) is 13.0. The number of fused-ring (bicyclic) bond motifs is 1. The minimum absolute atomic E-state index is 0.164. The topological polar surface area (TPSA) is 73.2 Å². The van der Waals surface area contributed by atoms with Crippen LogP contribution >= 0.6 is 0 Å². The van der Waals surface area contributed by atoms with E-state index in [1.54, 1.807) is 17.7 Å². The second-order valence-electron chi connectivity index (χ2n) is 9.79. The van der Waals surface area contributed by atoms with E-state index in [-0.39, 0.29) is 17.9 Å². The summed E-state index contributed by atoms with van der Waals surface area (Å²) in [5.74, 6) is 0.297. The molecule has 6 nitrogen and oxygen atoms in total. The van der Waals surface area contributed by atoms with E-state index < -0.39 is 5.54 Å². The van der Waals surface area contributed by atoms with Crippen molar-refractivity contribution < 1.29 is 9.53 Å². The Morgan fingerprint density at radius 2 is 1.46 bits per heavy atom.